The third kappa shape index (κ3) is 2.92. The van der Waals surface area contributed by atoms with Crippen molar-refractivity contribution in [2.75, 3.05) is 5.32 Å². The summed E-state index contributed by atoms with van der Waals surface area (Å²) in [6.07, 6.45) is 2.81. The van der Waals surface area contributed by atoms with Crippen LogP contribution in [0.1, 0.15) is 26.5 Å². The first kappa shape index (κ1) is 12.7. The molecule has 2 N–H and O–H groups in total. The molecule has 0 atom stereocenters. The SMILES string of the molecule is Cc1cnc(C(=O)Nc2ccccc2C(=O)O)cn1. The molecule has 1 aromatic carbocycles. The molecule has 0 bridgehead atoms. The lowest BCUT2D eigenvalue weighted by Crippen LogP contribution is -2.16. The van der Waals surface area contributed by atoms with Crippen molar-refractivity contribution < 1.29 is 14.7 Å². The van der Waals surface area contributed by atoms with Crippen molar-refractivity contribution >= 4 is 17.6 Å². The second kappa shape index (κ2) is 5.26. The van der Waals surface area contributed by atoms with E-state index in [9.17, 15) is 9.59 Å². The fourth-order valence-electron chi connectivity index (χ4n) is 1.47. The van der Waals surface area contributed by atoms with Crippen LogP contribution in [0.4, 0.5) is 5.69 Å². The van der Waals surface area contributed by atoms with Crippen LogP contribution in [0.15, 0.2) is 36.7 Å². The van der Waals surface area contributed by atoms with Gasteiger partial charge < -0.3 is 10.4 Å². The summed E-state index contributed by atoms with van der Waals surface area (Å²) in [4.78, 5) is 30.8. The first-order valence-electron chi connectivity index (χ1n) is 5.50. The van der Waals surface area contributed by atoms with E-state index in [4.69, 9.17) is 5.11 Å². The standard InChI is InChI=1S/C13H11N3O3/c1-8-6-15-11(7-14-8)12(17)16-10-5-3-2-4-9(10)13(18)19/h2-7H,1H3,(H,16,17)(H,18,19). The lowest BCUT2D eigenvalue weighted by Gasteiger charge is -2.07. The fraction of sp³-hybridized carbons (Fsp3) is 0.0769. The topological polar surface area (TPSA) is 92.2 Å². The summed E-state index contributed by atoms with van der Waals surface area (Å²) in [5.74, 6) is -1.60. The van der Waals surface area contributed by atoms with Gasteiger partial charge in [0, 0.05) is 6.20 Å². The fourth-order valence-corrected chi connectivity index (χ4v) is 1.47. The molecular formula is C13H11N3O3. The van der Waals surface area contributed by atoms with Gasteiger partial charge in [-0.05, 0) is 19.1 Å². The number of aryl methyl sites for hydroxylation is 1. The first-order valence-corrected chi connectivity index (χ1v) is 5.50. The maximum Gasteiger partial charge on any atom is 0.337 e. The molecule has 0 aliphatic heterocycles. The number of carboxylic acid groups (broad SMARTS) is 1. The Morgan fingerprint density at radius 1 is 1.16 bits per heavy atom. The third-order valence-corrected chi connectivity index (χ3v) is 2.42. The van der Waals surface area contributed by atoms with Crippen LogP contribution < -0.4 is 5.32 Å². The zero-order valence-electron chi connectivity index (χ0n) is 10.1. The van der Waals surface area contributed by atoms with Crippen molar-refractivity contribution in [3.63, 3.8) is 0 Å². The van der Waals surface area contributed by atoms with Gasteiger partial charge in [0.15, 0.2) is 0 Å². The van der Waals surface area contributed by atoms with Crippen molar-refractivity contribution in [2.45, 2.75) is 6.92 Å². The van der Waals surface area contributed by atoms with E-state index in [1.807, 2.05) is 0 Å². The number of nitrogens with zero attached hydrogens (tertiary/aromatic N) is 2. The van der Waals surface area contributed by atoms with Crippen LogP contribution >= 0.6 is 0 Å². The molecule has 0 radical (unpaired) electrons. The van der Waals surface area contributed by atoms with E-state index in [0.717, 1.165) is 0 Å². The zero-order valence-corrected chi connectivity index (χ0v) is 10.1. The van der Waals surface area contributed by atoms with Gasteiger partial charge in [-0.25, -0.2) is 9.78 Å². The maximum absolute atomic E-state index is 11.9. The number of amides is 1. The Labute approximate surface area is 109 Å². The molecule has 1 heterocycles. The van der Waals surface area contributed by atoms with Crippen LogP contribution in [0.5, 0.6) is 0 Å². The summed E-state index contributed by atoms with van der Waals surface area (Å²) in [6.45, 7) is 1.76. The van der Waals surface area contributed by atoms with E-state index in [1.54, 1.807) is 19.1 Å². The van der Waals surface area contributed by atoms with Gasteiger partial charge in [-0.1, -0.05) is 12.1 Å². The Morgan fingerprint density at radius 3 is 2.53 bits per heavy atom. The highest BCUT2D eigenvalue weighted by molar-refractivity contribution is 6.06. The molecular weight excluding hydrogens is 246 g/mol. The van der Waals surface area contributed by atoms with Gasteiger partial charge in [0.25, 0.3) is 5.91 Å². The van der Waals surface area contributed by atoms with Crippen molar-refractivity contribution in [1.29, 1.82) is 0 Å². The molecule has 0 unspecified atom stereocenters. The molecule has 1 amide bonds. The summed E-state index contributed by atoms with van der Waals surface area (Å²) < 4.78 is 0. The predicted octanol–water partition coefficient (Wildman–Crippen LogP) is 1.74. The van der Waals surface area contributed by atoms with E-state index >= 15 is 0 Å². The highest BCUT2D eigenvalue weighted by atomic mass is 16.4. The highest BCUT2D eigenvalue weighted by Crippen LogP contribution is 2.15. The zero-order chi connectivity index (χ0) is 13.8. The minimum Gasteiger partial charge on any atom is -0.478 e. The van der Waals surface area contributed by atoms with Gasteiger partial charge in [-0.2, -0.15) is 0 Å². The monoisotopic (exact) mass is 257 g/mol. The maximum atomic E-state index is 11.9. The second-order valence-electron chi connectivity index (χ2n) is 3.85. The summed E-state index contributed by atoms with van der Waals surface area (Å²) >= 11 is 0. The molecule has 0 aliphatic rings. The molecule has 0 saturated heterocycles. The molecule has 0 saturated carbocycles. The molecule has 6 nitrogen and oxygen atoms in total. The Bertz CT molecular complexity index is 623. The number of carbonyl (C=O) groups is 2. The summed E-state index contributed by atoms with van der Waals surface area (Å²) in [5.41, 5.74) is 1.08. The lowest BCUT2D eigenvalue weighted by molar-refractivity contribution is 0.0698. The molecule has 0 fully saturated rings. The first-order chi connectivity index (χ1) is 9.08. The number of hydrogen-bond acceptors (Lipinski definition) is 4. The minimum atomic E-state index is -1.11. The van der Waals surface area contributed by atoms with Crippen LogP contribution in [0.25, 0.3) is 0 Å². The number of aromatic carboxylic acids is 1. The lowest BCUT2D eigenvalue weighted by atomic mass is 10.2. The van der Waals surface area contributed by atoms with Gasteiger partial charge in [0.1, 0.15) is 5.69 Å². The normalized spacial score (nSPS) is 9.95. The second-order valence-corrected chi connectivity index (χ2v) is 3.85. The Kier molecular flexibility index (Phi) is 3.51. The third-order valence-electron chi connectivity index (χ3n) is 2.42. The van der Waals surface area contributed by atoms with Crippen LogP contribution in [0, 0.1) is 6.92 Å². The number of carbonyl (C=O) groups excluding carboxylic acids is 1. The molecule has 0 aliphatic carbocycles. The van der Waals surface area contributed by atoms with Crippen molar-refractivity contribution in [2.24, 2.45) is 0 Å². The molecule has 6 heteroatoms. The minimum absolute atomic E-state index is 0.0240. The summed E-state index contributed by atoms with van der Waals surface area (Å²) in [6, 6.07) is 6.16. The smallest absolute Gasteiger partial charge is 0.337 e. The molecule has 96 valence electrons. The van der Waals surface area contributed by atoms with E-state index in [0.29, 0.717) is 5.69 Å². The van der Waals surface area contributed by atoms with E-state index < -0.39 is 11.9 Å². The van der Waals surface area contributed by atoms with Gasteiger partial charge in [-0.3, -0.25) is 9.78 Å². The highest BCUT2D eigenvalue weighted by Gasteiger charge is 2.13. The van der Waals surface area contributed by atoms with Crippen LogP contribution in [-0.2, 0) is 0 Å². The number of anilines is 1. The largest absolute Gasteiger partial charge is 0.478 e. The average Bonchev–Trinajstić information content (AvgIpc) is 2.39. The van der Waals surface area contributed by atoms with Crippen molar-refractivity contribution in [3.8, 4) is 0 Å². The van der Waals surface area contributed by atoms with E-state index in [-0.39, 0.29) is 16.9 Å². The van der Waals surface area contributed by atoms with Crippen LogP contribution in [-0.4, -0.2) is 27.0 Å². The molecule has 2 rings (SSSR count). The number of benzene rings is 1. The van der Waals surface area contributed by atoms with Crippen LogP contribution in [0.2, 0.25) is 0 Å². The molecule has 2 aromatic rings. The molecule has 0 spiro atoms. The van der Waals surface area contributed by atoms with E-state index in [1.165, 1.54) is 24.5 Å². The summed E-state index contributed by atoms with van der Waals surface area (Å²) in [5, 5.41) is 11.5. The van der Waals surface area contributed by atoms with Gasteiger partial charge >= 0.3 is 5.97 Å². The predicted molar refractivity (Wildman–Crippen MR) is 68.1 cm³/mol. The number of aromatic nitrogens is 2. The quantitative estimate of drug-likeness (QED) is 0.873. The Balaban J connectivity index is 2.24. The number of nitrogens with one attached hydrogen (secondary N) is 1. The Hall–Kier alpha value is -2.76. The van der Waals surface area contributed by atoms with Crippen LogP contribution in [0.3, 0.4) is 0 Å². The van der Waals surface area contributed by atoms with Crippen molar-refractivity contribution in [1.82, 2.24) is 9.97 Å². The number of hydrogen-bond donors (Lipinski definition) is 2. The van der Waals surface area contributed by atoms with Gasteiger partial charge in [-0.15, -0.1) is 0 Å². The van der Waals surface area contributed by atoms with Gasteiger partial charge in [0.05, 0.1) is 23.1 Å². The number of carboxylic acids is 1. The number of rotatable bonds is 3. The average molecular weight is 257 g/mol. The summed E-state index contributed by atoms with van der Waals surface area (Å²) in [7, 11) is 0. The van der Waals surface area contributed by atoms with E-state index in [2.05, 4.69) is 15.3 Å². The van der Waals surface area contributed by atoms with Gasteiger partial charge in [0.2, 0.25) is 0 Å². The molecule has 19 heavy (non-hydrogen) atoms. The number of para-hydroxylation sites is 1. The van der Waals surface area contributed by atoms with Crippen molar-refractivity contribution in [3.05, 3.63) is 53.6 Å². The molecule has 1 aromatic heterocycles. The Morgan fingerprint density at radius 2 is 1.89 bits per heavy atom.